The van der Waals surface area contributed by atoms with Gasteiger partial charge in [0.25, 0.3) is 0 Å². The molecule has 6 heteroatoms. The van der Waals surface area contributed by atoms with Crippen molar-refractivity contribution in [2.75, 3.05) is 6.61 Å². The number of rotatable bonds is 1. The highest BCUT2D eigenvalue weighted by Crippen LogP contribution is 2.45. The molecule has 0 saturated carbocycles. The summed E-state index contributed by atoms with van der Waals surface area (Å²) in [7, 11) is 0. The lowest BCUT2D eigenvalue weighted by atomic mass is 9.93. The third-order valence-corrected chi connectivity index (χ3v) is 3.23. The van der Waals surface area contributed by atoms with Crippen molar-refractivity contribution in [1.29, 1.82) is 0 Å². The molecule has 0 spiro atoms. The van der Waals surface area contributed by atoms with Gasteiger partial charge in [0.15, 0.2) is 11.5 Å². The second-order valence-corrected chi connectivity index (χ2v) is 4.65. The van der Waals surface area contributed by atoms with Crippen LogP contribution >= 0.6 is 0 Å². The van der Waals surface area contributed by atoms with E-state index in [1.165, 1.54) is 24.3 Å². The van der Waals surface area contributed by atoms with E-state index in [4.69, 9.17) is 4.74 Å². The van der Waals surface area contributed by atoms with Crippen LogP contribution < -0.4 is 4.74 Å². The smallest absolute Gasteiger partial charge is 0.158 e. The maximum Gasteiger partial charge on any atom is 0.158 e. The van der Waals surface area contributed by atoms with Crippen LogP contribution in [-0.4, -0.2) is 32.1 Å². The molecule has 2 aromatic rings. The van der Waals surface area contributed by atoms with Crippen LogP contribution in [0.2, 0.25) is 0 Å². The minimum Gasteiger partial charge on any atom is -0.508 e. The van der Waals surface area contributed by atoms with Crippen molar-refractivity contribution < 1.29 is 30.3 Å². The number of benzene rings is 2. The molecule has 0 aromatic heterocycles. The Morgan fingerprint density at radius 3 is 2.29 bits per heavy atom. The predicted octanol–water partition coefficient (Wildman–Crippen LogP) is 2.22. The minimum atomic E-state index is -0.348. The van der Waals surface area contributed by atoms with Crippen molar-refractivity contribution in [3.05, 3.63) is 47.2 Å². The van der Waals surface area contributed by atoms with Crippen molar-refractivity contribution in [2.45, 2.75) is 0 Å². The standard InChI is InChI=1S/C15H12O6/c16-8-4-11(19)15-13(5-8)21-6-12(20)14(15)7-1-2-9(17)10(18)3-7/h1-5,16-20H,6H2. The van der Waals surface area contributed by atoms with Gasteiger partial charge in [0.1, 0.15) is 29.6 Å². The number of phenols is 4. The fourth-order valence-electron chi connectivity index (χ4n) is 2.30. The molecule has 0 bridgehead atoms. The van der Waals surface area contributed by atoms with Crippen LogP contribution in [0.1, 0.15) is 11.1 Å². The van der Waals surface area contributed by atoms with E-state index >= 15 is 0 Å². The van der Waals surface area contributed by atoms with Crippen LogP contribution in [-0.2, 0) is 0 Å². The number of hydrogen-bond acceptors (Lipinski definition) is 6. The molecular formula is C15H12O6. The topological polar surface area (TPSA) is 110 Å². The van der Waals surface area contributed by atoms with Gasteiger partial charge in [-0.3, -0.25) is 0 Å². The number of aliphatic hydroxyl groups excluding tert-OH is 1. The molecule has 0 radical (unpaired) electrons. The highest BCUT2D eigenvalue weighted by atomic mass is 16.5. The minimum absolute atomic E-state index is 0.131. The van der Waals surface area contributed by atoms with Crippen molar-refractivity contribution in [3.8, 4) is 28.7 Å². The van der Waals surface area contributed by atoms with Crippen LogP contribution in [0, 0.1) is 0 Å². The van der Waals surface area contributed by atoms with E-state index in [1.807, 2.05) is 0 Å². The SMILES string of the molecule is OC1=C(c2ccc(O)c(O)c2)c2c(O)cc(O)cc2OC1. The summed E-state index contributed by atoms with van der Waals surface area (Å²) >= 11 is 0. The van der Waals surface area contributed by atoms with E-state index in [-0.39, 0.29) is 52.3 Å². The van der Waals surface area contributed by atoms with E-state index in [1.54, 1.807) is 0 Å². The van der Waals surface area contributed by atoms with Gasteiger partial charge in [0.2, 0.25) is 0 Å². The molecule has 0 saturated heterocycles. The summed E-state index contributed by atoms with van der Waals surface area (Å²) in [6.07, 6.45) is 0. The van der Waals surface area contributed by atoms with Gasteiger partial charge in [-0.25, -0.2) is 0 Å². The van der Waals surface area contributed by atoms with Gasteiger partial charge in [-0.2, -0.15) is 0 Å². The van der Waals surface area contributed by atoms with Crippen LogP contribution in [0.3, 0.4) is 0 Å². The lowest BCUT2D eigenvalue weighted by Gasteiger charge is -2.22. The van der Waals surface area contributed by atoms with Crippen LogP contribution in [0.5, 0.6) is 28.7 Å². The molecule has 1 heterocycles. The molecule has 21 heavy (non-hydrogen) atoms. The number of hydrogen-bond donors (Lipinski definition) is 5. The molecule has 0 atom stereocenters. The molecule has 108 valence electrons. The molecule has 1 aliphatic rings. The highest BCUT2D eigenvalue weighted by molar-refractivity contribution is 5.89. The van der Waals surface area contributed by atoms with Crippen LogP contribution in [0.15, 0.2) is 36.1 Å². The quantitative estimate of drug-likeness (QED) is 0.515. The number of aliphatic hydroxyl groups is 1. The van der Waals surface area contributed by atoms with Gasteiger partial charge in [0.05, 0.1) is 5.56 Å². The summed E-state index contributed by atoms with van der Waals surface area (Å²) in [5.74, 6) is -0.985. The zero-order chi connectivity index (χ0) is 15.1. The van der Waals surface area contributed by atoms with E-state index in [2.05, 4.69) is 0 Å². The lowest BCUT2D eigenvalue weighted by molar-refractivity contribution is 0.262. The van der Waals surface area contributed by atoms with E-state index < -0.39 is 0 Å². The Balaban J connectivity index is 2.25. The molecule has 5 N–H and O–H groups in total. The number of aromatic hydroxyl groups is 4. The Hall–Kier alpha value is -3.02. The number of ether oxygens (including phenoxy) is 1. The third kappa shape index (κ3) is 2.06. The van der Waals surface area contributed by atoms with Gasteiger partial charge in [0, 0.05) is 17.7 Å². The Morgan fingerprint density at radius 1 is 0.810 bits per heavy atom. The van der Waals surface area contributed by atoms with E-state index in [9.17, 15) is 25.5 Å². The van der Waals surface area contributed by atoms with Crippen molar-refractivity contribution in [2.24, 2.45) is 0 Å². The molecule has 0 amide bonds. The van der Waals surface area contributed by atoms with Crippen LogP contribution in [0.25, 0.3) is 5.57 Å². The summed E-state index contributed by atoms with van der Waals surface area (Å²) in [5.41, 5.74) is 0.874. The number of phenolic OH excluding ortho intramolecular Hbond substituents is 4. The van der Waals surface area contributed by atoms with Gasteiger partial charge in [-0.15, -0.1) is 0 Å². The summed E-state index contributed by atoms with van der Waals surface area (Å²) in [5, 5.41) is 48.5. The Bertz CT molecular complexity index is 763. The first-order valence-corrected chi connectivity index (χ1v) is 6.11. The molecule has 3 rings (SSSR count). The average molecular weight is 288 g/mol. The predicted molar refractivity (Wildman–Crippen MR) is 73.7 cm³/mol. The molecule has 1 aliphatic heterocycles. The molecule has 6 nitrogen and oxygen atoms in total. The maximum absolute atomic E-state index is 10.1. The van der Waals surface area contributed by atoms with Crippen molar-refractivity contribution in [3.63, 3.8) is 0 Å². The normalized spacial score (nSPS) is 13.7. The Morgan fingerprint density at radius 2 is 1.57 bits per heavy atom. The first-order valence-electron chi connectivity index (χ1n) is 6.11. The lowest BCUT2D eigenvalue weighted by Crippen LogP contribution is -2.12. The zero-order valence-corrected chi connectivity index (χ0v) is 10.7. The number of fused-ring (bicyclic) bond motifs is 1. The third-order valence-electron chi connectivity index (χ3n) is 3.23. The fourth-order valence-corrected chi connectivity index (χ4v) is 2.30. The largest absolute Gasteiger partial charge is 0.508 e. The van der Waals surface area contributed by atoms with Crippen molar-refractivity contribution in [1.82, 2.24) is 0 Å². The molecule has 0 unspecified atom stereocenters. The second kappa shape index (κ2) is 4.52. The van der Waals surface area contributed by atoms with Crippen LogP contribution in [0.4, 0.5) is 0 Å². The Labute approximate surface area is 119 Å². The maximum atomic E-state index is 10.1. The molecular weight excluding hydrogens is 276 g/mol. The Kier molecular flexibility index (Phi) is 2.79. The van der Waals surface area contributed by atoms with E-state index in [0.717, 1.165) is 6.07 Å². The summed E-state index contributed by atoms with van der Waals surface area (Å²) in [6.45, 7) is -0.132. The molecule has 0 fully saturated rings. The summed E-state index contributed by atoms with van der Waals surface area (Å²) in [6, 6.07) is 6.48. The molecule has 2 aromatic carbocycles. The summed E-state index contributed by atoms with van der Waals surface area (Å²) < 4.78 is 5.26. The van der Waals surface area contributed by atoms with Crippen molar-refractivity contribution >= 4 is 5.57 Å². The first kappa shape index (κ1) is 13.0. The van der Waals surface area contributed by atoms with Gasteiger partial charge in [-0.05, 0) is 17.7 Å². The highest BCUT2D eigenvalue weighted by Gasteiger charge is 2.26. The summed E-state index contributed by atoms with van der Waals surface area (Å²) in [4.78, 5) is 0. The molecule has 0 aliphatic carbocycles. The van der Waals surface area contributed by atoms with Gasteiger partial charge < -0.3 is 30.3 Å². The second-order valence-electron chi connectivity index (χ2n) is 4.65. The van der Waals surface area contributed by atoms with Gasteiger partial charge >= 0.3 is 0 Å². The zero-order valence-electron chi connectivity index (χ0n) is 10.7. The average Bonchev–Trinajstić information content (AvgIpc) is 2.42. The fraction of sp³-hybridized carbons (Fsp3) is 0.0667. The van der Waals surface area contributed by atoms with Gasteiger partial charge in [-0.1, -0.05) is 6.07 Å². The first-order chi connectivity index (χ1) is 9.97. The van der Waals surface area contributed by atoms with E-state index in [0.29, 0.717) is 5.56 Å². The monoisotopic (exact) mass is 288 g/mol.